The summed E-state index contributed by atoms with van der Waals surface area (Å²) in [6, 6.07) is 13.3. The standard InChI is InChI=1S/C16H14Cl2N2/c1-10-4-3-5-16(14(10)9-19)20-11(2)13-8-12(17)6-7-15(13)18/h3-8,11,20H,1-2H3. The number of hydrogen-bond donors (Lipinski definition) is 1. The van der Waals surface area contributed by atoms with Crippen molar-refractivity contribution >= 4 is 28.9 Å². The van der Waals surface area contributed by atoms with E-state index < -0.39 is 0 Å². The molecule has 0 heterocycles. The van der Waals surface area contributed by atoms with E-state index in [2.05, 4.69) is 11.4 Å². The zero-order chi connectivity index (χ0) is 14.7. The molecule has 4 heteroatoms. The predicted molar refractivity (Wildman–Crippen MR) is 84.4 cm³/mol. The van der Waals surface area contributed by atoms with Crippen molar-refractivity contribution in [2.24, 2.45) is 0 Å². The van der Waals surface area contributed by atoms with Gasteiger partial charge in [0.2, 0.25) is 0 Å². The van der Waals surface area contributed by atoms with Gasteiger partial charge < -0.3 is 5.32 Å². The molecule has 0 fully saturated rings. The molecule has 2 rings (SSSR count). The molecule has 2 nitrogen and oxygen atoms in total. The molecular formula is C16H14Cl2N2. The Labute approximate surface area is 128 Å². The largest absolute Gasteiger partial charge is 0.377 e. The Kier molecular flexibility index (Phi) is 4.54. The molecule has 0 spiro atoms. The van der Waals surface area contributed by atoms with E-state index in [0.29, 0.717) is 15.6 Å². The second-order valence-corrected chi connectivity index (χ2v) is 5.48. The average Bonchev–Trinajstić information content (AvgIpc) is 2.41. The van der Waals surface area contributed by atoms with Crippen LogP contribution in [0.25, 0.3) is 0 Å². The maximum atomic E-state index is 9.24. The highest BCUT2D eigenvalue weighted by Crippen LogP contribution is 2.30. The molecule has 0 aliphatic carbocycles. The van der Waals surface area contributed by atoms with Crippen molar-refractivity contribution in [3.63, 3.8) is 0 Å². The SMILES string of the molecule is Cc1cccc(NC(C)c2cc(Cl)ccc2Cl)c1C#N. The van der Waals surface area contributed by atoms with Crippen LogP contribution in [0.4, 0.5) is 5.69 Å². The highest BCUT2D eigenvalue weighted by atomic mass is 35.5. The summed E-state index contributed by atoms with van der Waals surface area (Å²) >= 11 is 12.2. The van der Waals surface area contributed by atoms with E-state index in [1.807, 2.05) is 38.1 Å². The Morgan fingerprint density at radius 1 is 1.20 bits per heavy atom. The molecule has 0 saturated heterocycles. The van der Waals surface area contributed by atoms with Gasteiger partial charge in [0.15, 0.2) is 0 Å². The smallest absolute Gasteiger partial charge is 0.102 e. The van der Waals surface area contributed by atoms with Crippen molar-refractivity contribution in [3.8, 4) is 6.07 Å². The van der Waals surface area contributed by atoms with E-state index in [0.717, 1.165) is 16.8 Å². The molecule has 0 radical (unpaired) electrons. The molecule has 2 aromatic carbocycles. The average molecular weight is 305 g/mol. The van der Waals surface area contributed by atoms with E-state index >= 15 is 0 Å². The summed E-state index contributed by atoms with van der Waals surface area (Å²) in [6.45, 7) is 3.90. The van der Waals surface area contributed by atoms with Crippen molar-refractivity contribution in [2.75, 3.05) is 5.32 Å². The van der Waals surface area contributed by atoms with Gasteiger partial charge in [-0.15, -0.1) is 0 Å². The maximum absolute atomic E-state index is 9.24. The van der Waals surface area contributed by atoms with Crippen LogP contribution in [0.2, 0.25) is 10.0 Å². The van der Waals surface area contributed by atoms with Crippen LogP contribution in [0.1, 0.15) is 29.7 Å². The minimum atomic E-state index is -0.0462. The van der Waals surface area contributed by atoms with Crippen LogP contribution >= 0.6 is 23.2 Å². The number of benzene rings is 2. The number of nitriles is 1. The van der Waals surface area contributed by atoms with Crippen molar-refractivity contribution in [1.29, 1.82) is 5.26 Å². The molecule has 102 valence electrons. The fraction of sp³-hybridized carbons (Fsp3) is 0.188. The Morgan fingerprint density at radius 2 is 1.95 bits per heavy atom. The summed E-state index contributed by atoms with van der Waals surface area (Å²) in [5.41, 5.74) is 3.31. The van der Waals surface area contributed by atoms with Gasteiger partial charge in [0.05, 0.1) is 17.3 Å². The van der Waals surface area contributed by atoms with Crippen molar-refractivity contribution in [3.05, 3.63) is 63.1 Å². The van der Waals surface area contributed by atoms with Crippen LogP contribution in [0, 0.1) is 18.3 Å². The molecule has 2 aromatic rings. The monoisotopic (exact) mass is 304 g/mol. The third-order valence-electron chi connectivity index (χ3n) is 3.18. The maximum Gasteiger partial charge on any atom is 0.102 e. The highest BCUT2D eigenvalue weighted by Gasteiger charge is 2.13. The van der Waals surface area contributed by atoms with Crippen molar-refractivity contribution in [2.45, 2.75) is 19.9 Å². The lowest BCUT2D eigenvalue weighted by molar-refractivity contribution is 0.884. The quantitative estimate of drug-likeness (QED) is 0.830. The first-order valence-electron chi connectivity index (χ1n) is 6.24. The van der Waals surface area contributed by atoms with Gasteiger partial charge in [-0.05, 0) is 49.2 Å². The molecular weight excluding hydrogens is 291 g/mol. The number of nitrogens with zero attached hydrogens (tertiary/aromatic N) is 1. The lowest BCUT2D eigenvalue weighted by Gasteiger charge is -2.18. The van der Waals surface area contributed by atoms with Gasteiger partial charge in [-0.25, -0.2) is 0 Å². The van der Waals surface area contributed by atoms with E-state index in [1.165, 1.54) is 0 Å². The molecule has 1 atom stereocenters. The number of halogens is 2. The van der Waals surface area contributed by atoms with E-state index in [9.17, 15) is 5.26 Å². The zero-order valence-corrected chi connectivity index (χ0v) is 12.8. The second-order valence-electron chi connectivity index (χ2n) is 4.64. The topological polar surface area (TPSA) is 35.8 Å². The normalized spacial score (nSPS) is 11.8. The molecule has 1 unspecified atom stereocenters. The summed E-state index contributed by atoms with van der Waals surface area (Å²) in [5, 5.41) is 13.9. The first-order chi connectivity index (χ1) is 9.52. The van der Waals surface area contributed by atoms with E-state index in [4.69, 9.17) is 23.2 Å². The van der Waals surface area contributed by atoms with E-state index in [-0.39, 0.29) is 6.04 Å². The highest BCUT2D eigenvalue weighted by molar-refractivity contribution is 6.33. The van der Waals surface area contributed by atoms with Gasteiger partial charge in [-0.2, -0.15) is 5.26 Å². The van der Waals surface area contributed by atoms with Gasteiger partial charge in [0, 0.05) is 10.0 Å². The van der Waals surface area contributed by atoms with Gasteiger partial charge >= 0.3 is 0 Å². The van der Waals surface area contributed by atoms with Crippen LogP contribution in [-0.2, 0) is 0 Å². The predicted octanol–water partition coefficient (Wildman–Crippen LogP) is 5.35. The summed E-state index contributed by atoms with van der Waals surface area (Å²) in [5.74, 6) is 0. The summed E-state index contributed by atoms with van der Waals surface area (Å²) < 4.78 is 0. The first-order valence-corrected chi connectivity index (χ1v) is 6.99. The van der Waals surface area contributed by atoms with Crippen molar-refractivity contribution in [1.82, 2.24) is 0 Å². The number of aryl methyl sites for hydroxylation is 1. The Balaban J connectivity index is 2.33. The third-order valence-corrected chi connectivity index (χ3v) is 3.76. The Morgan fingerprint density at radius 3 is 2.65 bits per heavy atom. The fourth-order valence-electron chi connectivity index (χ4n) is 2.09. The minimum absolute atomic E-state index is 0.0462. The van der Waals surface area contributed by atoms with Crippen LogP contribution in [0.3, 0.4) is 0 Å². The van der Waals surface area contributed by atoms with Gasteiger partial charge in [-0.1, -0.05) is 35.3 Å². The van der Waals surface area contributed by atoms with Crippen LogP contribution in [-0.4, -0.2) is 0 Å². The number of nitrogens with one attached hydrogen (secondary N) is 1. The number of rotatable bonds is 3. The summed E-state index contributed by atoms with van der Waals surface area (Å²) in [7, 11) is 0. The van der Waals surface area contributed by atoms with E-state index in [1.54, 1.807) is 12.1 Å². The lowest BCUT2D eigenvalue weighted by atomic mass is 10.0. The van der Waals surface area contributed by atoms with Crippen LogP contribution < -0.4 is 5.32 Å². The molecule has 20 heavy (non-hydrogen) atoms. The van der Waals surface area contributed by atoms with Crippen LogP contribution in [0.5, 0.6) is 0 Å². The molecule has 0 aromatic heterocycles. The molecule has 0 bridgehead atoms. The second kappa shape index (κ2) is 6.17. The van der Waals surface area contributed by atoms with Gasteiger partial charge in [-0.3, -0.25) is 0 Å². The summed E-state index contributed by atoms with van der Waals surface area (Å²) in [6.07, 6.45) is 0. The molecule has 0 aliphatic heterocycles. The minimum Gasteiger partial charge on any atom is -0.377 e. The summed E-state index contributed by atoms with van der Waals surface area (Å²) in [4.78, 5) is 0. The Hall–Kier alpha value is -1.69. The fourth-order valence-corrected chi connectivity index (χ4v) is 2.56. The lowest BCUT2D eigenvalue weighted by Crippen LogP contribution is -2.09. The Bertz CT molecular complexity index is 675. The van der Waals surface area contributed by atoms with Crippen molar-refractivity contribution < 1.29 is 0 Å². The van der Waals surface area contributed by atoms with Gasteiger partial charge in [0.25, 0.3) is 0 Å². The number of hydrogen-bond acceptors (Lipinski definition) is 2. The molecule has 1 N–H and O–H groups in total. The third kappa shape index (κ3) is 3.07. The number of anilines is 1. The van der Waals surface area contributed by atoms with Gasteiger partial charge in [0.1, 0.15) is 6.07 Å². The molecule has 0 aliphatic rings. The first kappa shape index (κ1) is 14.7. The van der Waals surface area contributed by atoms with Crippen LogP contribution in [0.15, 0.2) is 36.4 Å². The zero-order valence-electron chi connectivity index (χ0n) is 11.2. The molecule has 0 amide bonds. The molecule has 0 saturated carbocycles.